The molecule has 1 aliphatic rings. The van der Waals surface area contributed by atoms with Gasteiger partial charge in [0.25, 0.3) is 5.91 Å². The van der Waals surface area contributed by atoms with Crippen molar-refractivity contribution in [2.75, 3.05) is 30.4 Å². The number of nitrogens with two attached hydrogens (primary N) is 1. The smallest absolute Gasteiger partial charge is 0.251 e. The molecule has 4 N–H and O–H groups in total. The first-order valence-electron chi connectivity index (χ1n) is 9.38. The lowest BCUT2D eigenvalue weighted by Crippen LogP contribution is -2.33. The van der Waals surface area contributed by atoms with Crippen LogP contribution in [0.2, 0.25) is 0 Å². The highest BCUT2D eigenvalue weighted by molar-refractivity contribution is 7.89. The number of rotatable bonds is 7. The molecule has 2 aromatic rings. The van der Waals surface area contributed by atoms with Crippen LogP contribution in [0.1, 0.15) is 23.2 Å². The van der Waals surface area contributed by atoms with Crippen LogP contribution in [0.5, 0.6) is 5.75 Å². The molecule has 0 radical (unpaired) electrons. The quantitative estimate of drug-likeness (QED) is 0.574. The van der Waals surface area contributed by atoms with Gasteiger partial charge in [-0.25, -0.2) is 13.6 Å². The molecule has 0 aromatic heterocycles. The fraction of sp³-hybridized carbons (Fsp3) is 0.250. The number of carbonyl (C=O) groups excluding carboxylic acids is 3. The molecule has 0 unspecified atom stereocenters. The molecule has 2 aromatic carbocycles. The number of anilines is 2. The average Bonchev–Trinajstić information content (AvgIpc) is 3.17. The Morgan fingerprint density at radius 1 is 1.16 bits per heavy atom. The number of ether oxygens (including phenoxy) is 1. The van der Waals surface area contributed by atoms with Gasteiger partial charge in [-0.2, -0.15) is 0 Å². The Balaban J connectivity index is 1.61. The lowest BCUT2D eigenvalue weighted by molar-refractivity contribution is -0.117. The van der Waals surface area contributed by atoms with Gasteiger partial charge < -0.3 is 20.3 Å². The van der Waals surface area contributed by atoms with Gasteiger partial charge in [-0.15, -0.1) is 0 Å². The van der Waals surface area contributed by atoms with E-state index in [9.17, 15) is 22.8 Å². The predicted octanol–water partition coefficient (Wildman–Crippen LogP) is 0.838. The summed E-state index contributed by atoms with van der Waals surface area (Å²) in [5, 5.41) is 10.1. The zero-order valence-electron chi connectivity index (χ0n) is 16.8. The molecule has 0 spiro atoms. The van der Waals surface area contributed by atoms with Gasteiger partial charge in [-0.1, -0.05) is 0 Å². The van der Waals surface area contributed by atoms with Crippen molar-refractivity contribution in [3.63, 3.8) is 0 Å². The van der Waals surface area contributed by atoms with Crippen LogP contribution in [0.25, 0.3) is 0 Å². The van der Waals surface area contributed by atoms with Gasteiger partial charge in [-0.05, 0) is 48.9 Å². The van der Waals surface area contributed by atoms with Crippen LogP contribution < -0.4 is 25.4 Å². The van der Waals surface area contributed by atoms with Crippen LogP contribution in [0.15, 0.2) is 47.4 Å². The number of hydrogen-bond donors (Lipinski definition) is 3. The maximum atomic E-state index is 12.3. The third kappa shape index (κ3) is 5.38. The van der Waals surface area contributed by atoms with Crippen LogP contribution in [-0.2, 0) is 19.6 Å². The average molecular weight is 446 g/mol. The molecule has 10 nitrogen and oxygen atoms in total. The minimum atomic E-state index is -3.96. The summed E-state index contributed by atoms with van der Waals surface area (Å²) >= 11 is 0. The van der Waals surface area contributed by atoms with E-state index in [1.165, 1.54) is 25.3 Å². The molecule has 0 aliphatic carbocycles. The van der Waals surface area contributed by atoms with Crippen molar-refractivity contribution in [3.05, 3.63) is 48.0 Å². The first-order valence-corrected chi connectivity index (χ1v) is 10.9. The van der Waals surface area contributed by atoms with Crippen molar-refractivity contribution >= 4 is 39.1 Å². The summed E-state index contributed by atoms with van der Waals surface area (Å²) in [5.74, 6) is -0.771. The Morgan fingerprint density at radius 3 is 2.45 bits per heavy atom. The molecule has 1 heterocycles. The molecule has 0 saturated carbocycles. The molecule has 0 bridgehead atoms. The monoisotopic (exact) mass is 446 g/mol. The van der Waals surface area contributed by atoms with Crippen molar-refractivity contribution in [1.29, 1.82) is 0 Å². The predicted molar refractivity (Wildman–Crippen MR) is 113 cm³/mol. The third-order valence-corrected chi connectivity index (χ3v) is 5.61. The number of hydrogen-bond acceptors (Lipinski definition) is 6. The lowest BCUT2D eigenvalue weighted by Gasteiger charge is -2.16. The second-order valence-electron chi connectivity index (χ2n) is 6.83. The summed E-state index contributed by atoms with van der Waals surface area (Å²) in [5.41, 5.74) is 1.16. The molecule has 3 rings (SSSR count). The van der Waals surface area contributed by atoms with Crippen LogP contribution in [0, 0.1) is 0 Å². The number of nitrogens with zero attached hydrogens (tertiary/aromatic N) is 1. The van der Waals surface area contributed by atoms with Gasteiger partial charge in [-0.3, -0.25) is 14.4 Å². The van der Waals surface area contributed by atoms with Crippen molar-refractivity contribution in [3.8, 4) is 5.75 Å². The first-order chi connectivity index (χ1) is 14.7. The van der Waals surface area contributed by atoms with E-state index in [0.29, 0.717) is 18.5 Å². The van der Waals surface area contributed by atoms with E-state index in [0.717, 1.165) is 12.1 Å². The molecule has 1 fully saturated rings. The molecule has 3 amide bonds. The van der Waals surface area contributed by atoms with E-state index in [1.54, 1.807) is 29.2 Å². The van der Waals surface area contributed by atoms with Crippen molar-refractivity contribution in [2.24, 2.45) is 5.14 Å². The summed E-state index contributed by atoms with van der Waals surface area (Å²) in [4.78, 5) is 37.8. The van der Waals surface area contributed by atoms with E-state index in [-0.39, 0.29) is 28.8 Å². The Kier molecular flexibility index (Phi) is 6.56. The fourth-order valence-corrected chi connectivity index (χ4v) is 3.67. The van der Waals surface area contributed by atoms with Crippen LogP contribution in [0.3, 0.4) is 0 Å². The SMILES string of the molecule is COc1ccc(S(N)(=O)=O)cc1NC(=O)CNC(=O)c1ccc(N2CCCC2=O)cc1. The van der Waals surface area contributed by atoms with Gasteiger partial charge in [0, 0.05) is 24.2 Å². The number of sulfonamides is 1. The van der Waals surface area contributed by atoms with E-state index >= 15 is 0 Å². The zero-order chi connectivity index (χ0) is 22.6. The second-order valence-corrected chi connectivity index (χ2v) is 8.40. The van der Waals surface area contributed by atoms with Crippen molar-refractivity contribution < 1.29 is 27.5 Å². The van der Waals surface area contributed by atoms with Crippen molar-refractivity contribution in [2.45, 2.75) is 17.7 Å². The maximum absolute atomic E-state index is 12.3. The number of nitrogens with one attached hydrogen (secondary N) is 2. The van der Waals surface area contributed by atoms with E-state index in [1.807, 2.05) is 0 Å². The van der Waals surface area contributed by atoms with Gasteiger partial charge in [0.05, 0.1) is 24.2 Å². The van der Waals surface area contributed by atoms with Gasteiger partial charge >= 0.3 is 0 Å². The molecule has 31 heavy (non-hydrogen) atoms. The van der Waals surface area contributed by atoms with Crippen LogP contribution >= 0.6 is 0 Å². The largest absolute Gasteiger partial charge is 0.495 e. The minimum Gasteiger partial charge on any atom is -0.495 e. The third-order valence-electron chi connectivity index (χ3n) is 4.70. The highest BCUT2D eigenvalue weighted by atomic mass is 32.2. The molecule has 164 valence electrons. The normalized spacial score (nSPS) is 13.7. The molecule has 11 heteroatoms. The lowest BCUT2D eigenvalue weighted by atomic mass is 10.2. The molecular formula is C20H22N4O6S. The van der Waals surface area contributed by atoms with Gasteiger partial charge in [0.15, 0.2) is 0 Å². The second kappa shape index (κ2) is 9.14. The zero-order valence-corrected chi connectivity index (χ0v) is 17.6. The standard InChI is InChI=1S/C20H22N4O6S/c1-30-17-9-8-15(31(21,28)29)11-16(17)23-18(25)12-22-20(27)13-4-6-14(7-5-13)24-10-2-3-19(24)26/h4-9,11H,2-3,10,12H2,1H3,(H,22,27)(H,23,25)(H2,21,28,29). The fourth-order valence-electron chi connectivity index (χ4n) is 3.13. The molecule has 1 saturated heterocycles. The van der Waals surface area contributed by atoms with Crippen LogP contribution in [-0.4, -0.2) is 46.3 Å². The van der Waals surface area contributed by atoms with E-state index in [2.05, 4.69) is 10.6 Å². The van der Waals surface area contributed by atoms with E-state index in [4.69, 9.17) is 9.88 Å². The van der Waals surface area contributed by atoms with Crippen molar-refractivity contribution in [1.82, 2.24) is 5.32 Å². The Labute approximate surface area is 179 Å². The van der Waals surface area contributed by atoms with E-state index < -0.39 is 21.8 Å². The first kappa shape index (κ1) is 22.2. The summed E-state index contributed by atoms with van der Waals surface area (Å²) in [7, 11) is -2.60. The number of carbonyl (C=O) groups is 3. The summed E-state index contributed by atoms with van der Waals surface area (Å²) in [6, 6.07) is 10.3. The van der Waals surface area contributed by atoms with Crippen LogP contribution in [0.4, 0.5) is 11.4 Å². The van der Waals surface area contributed by atoms with Gasteiger partial charge in [0.1, 0.15) is 5.75 Å². The summed E-state index contributed by atoms with van der Waals surface area (Å²) in [6.07, 6.45) is 1.32. The topological polar surface area (TPSA) is 148 Å². The summed E-state index contributed by atoms with van der Waals surface area (Å²) in [6.45, 7) is 0.300. The Bertz CT molecular complexity index is 1110. The molecule has 1 aliphatic heterocycles. The minimum absolute atomic E-state index is 0.0517. The molecular weight excluding hydrogens is 424 g/mol. The summed E-state index contributed by atoms with van der Waals surface area (Å²) < 4.78 is 28.1. The van der Waals surface area contributed by atoms with Gasteiger partial charge in [0.2, 0.25) is 21.8 Å². The maximum Gasteiger partial charge on any atom is 0.251 e. The Morgan fingerprint density at radius 2 is 1.87 bits per heavy atom. The highest BCUT2D eigenvalue weighted by Gasteiger charge is 2.22. The highest BCUT2D eigenvalue weighted by Crippen LogP contribution is 2.27. The Hall–Kier alpha value is -3.44. The molecule has 0 atom stereocenters. The number of methoxy groups -OCH3 is 1. The number of amides is 3. The number of benzene rings is 2. The number of primary sulfonamides is 1.